The molecule has 100 valence electrons. The van der Waals surface area contributed by atoms with Gasteiger partial charge in [-0.25, -0.2) is 0 Å². The van der Waals surface area contributed by atoms with Crippen LogP contribution in [0.4, 0.5) is 0 Å². The number of nitrogens with zero attached hydrogens (tertiary/aromatic N) is 3. The van der Waals surface area contributed by atoms with Crippen LogP contribution in [0.1, 0.15) is 17.6 Å². The predicted molar refractivity (Wildman–Crippen MR) is 72.6 cm³/mol. The van der Waals surface area contributed by atoms with Crippen molar-refractivity contribution in [3.8, 4) is 11.4 Å². The van der Waals surface area contributed by atoms with Crippen molar-refractivity contribution in [1.82, 2.24) is 15.1 Å². The van der Waals surface area contributed by atoms with Gasteiger partial charge in [0.1, 0.15) is 0 Å². The Labute approximate surface area is 115 Å². The molecule has 5 heteroatoms. The highest BCUT2D eigenvalue weighted by molar-refractivity contribution is 5.51. The summed E-state index contributed by atoms with van der Waals surface area (Å²) in [6, 6.07) is 13.1. The molecule has 0 saturated carbocycles. The van der Waals surface area contributed by atoms with E-state index in [2.05, 4.69) is 15.1 Å². The molecule has 0 spiro atoms. The fourth-order valence-corrected chi connectivity index (χ4v) is 1.91. The van der Waals surface area contributed by atoms with Gasteiger partial charge in [-0.3, -0.25) is 4.98 Å². The van der Waals surface area contributed by atoms with Crippen molar-refractivity contribution in [3.63, 3.8) is 0 Å². The lowest BCUT2D eigenvalue weighted by Gasteiger charge is -2.07. The highest BCUT2D eigenvalue weighted by Crippen LogP contribution is 2.19. The maximum Gasteiger partial charge on any atom is 0.229 e. The normalized spacial score (nSPS) is 12.2. The van der Waals surface area contributed by atoms with Crippen molar-refractivity contribution in [1.29, 1.82) is 0 Å². The van der Waals surface area contributed by atoms with Crippen molar-refractivity contribution < 1.29 is 9.63 Å². The molecule has 0 bridgehead atoms. The smallest absolute Gasteiger partial charge is 0.229 e. The van der Waals surface area contributed by atoms with E-state index in [1.807, 2.05) is 42.5 Å². The second kappa shape index (κ2) is 5.63. The fourth-order valence-electron chi connectivity index (χ4n) is 1.91. The standard InChI is InChI=1S/C15H13N3O2/c19-13(11-5-2-1-3-6-11)9-14-17-15(18-20-14)12-7-4-8-16-10-12/h1-8,10,13,19H,9H2. The van der Waals surface area contributed by atoms with E-state index in [4.69, 9.17) is 4.52 Å². The first-order valence-electron chi connectivity index (χ1n) is 6.29. The summed E-state index contributed by atoms with van der Waals surface area (Å²) in [6.07, 6.45) is 2.99. The predicted octanol–water partition coefficient (Wildman–Crippen LogP) is 2.41. The molecule has 0 fully saturated rings. The molecular formula is C15H13N3O2. The van der Waals surface area contributed by atoms with E-state index < -0.39 is 6.10 Å². The van der Waals surface area contributed by atoms with Crippen molar-refractivity contribution in [2.45, 2.75) is 12.5 Å². The molecule has 1 atom stereocenters. The van der Waals surface area contributed by atoms with Crippen LogP contribution in [0, 0.1) is 0 Å². The van der Waals surface area contributed by atoms with Crippen molar-refractivity contribution in [3.05, 3.63) is 66.3 Å². The summed E-state index contributed by atoms with van der Waals surface area (Å²) in [5.74, 6) is 0.883. The molecule has 3 aromatic rings. The third-order valence-corrected chi connectivity index (χ3v) is 2.94. The molecule has 1 N–H and O–H groups in total. The van der Waals surface area contributed by atoms with E-state index in [1.54, 1.807) is 12.4 Å². The van der Waals surface area contributed by atoms with Gasteiger partial charge in [-0.05, 0) is 17.7 Å². The van der Waals surface area contributed by atoms with Crippen LogP contribution < -0.4 is 0 Å². The lowest BCUT2D eigenvalue weighted by atomic mass is 10.1. The number of aliphatic hydroxyl groups excluding tert-OH is 1. The van der Waals surface area contributed by atoms with Crippen LogP contribution in [0.25, 0.3) is 11.4 Å². The zero-order valence-corrected chi connectivity index (χ0v) is 10.7. The van der Waals surface area contributed by atoms with E-state index in [9.17, 15) is 5.11 Å². The maximum absolute atomic E-state index is 10.1. The molecule has 2 aromatic heterocycles. The summed E-state index contributed by atoms with van der Waals surface area (Å²) < 4.78 is 5.16. The molecule has 0 radical (unpaired) electrons. The largest absolute Gasteiger partial charge is 0.388 e. The number of benzene rings is 1. The van der Waals surface area contributed by atoms with Crippen LogP contribution in [0.15, 0.2) is 59.4 Å². The maximum atomic E-state index is 10.1. The van der Waals surface area contributed by atoms with Gasteiger partial charge in [-0.2, -0.15) is 4.98 Å². The number of rotatable bonds is 4. The molecule has 3 rings (SSSR count). The highest BCUT2D eigenvalue weighted by atomic mass is 16.5. The lowest BCUT2D eigenvalue weighted by Crippen LogP contribution is -2.01. The fraction of sp³-hybridized carbons (Fsp3) is 0.133. The van der Waals surface area contributed by atoms with Crippen LogP contribution in [0.3, 0.4) is 0 Å². The van der Waals surface area contributed by atoms with E-state index in [-0.39, 0.29) is 6.42 Å². The Kier molecular flexibility index (Phi) is 3.52. The summed E-state index contributed by atoms with van der Waals surface area (Å²) in [6.45, 7) is 0. The van der Waals surface area contributed by atoms with Gasteiger partial charge in [0.05, 0.1) is 12.5 Å². The number of aromatic nitrogens is 3. The Hall–Kier alpha value is -2.53. The molecular weight excluding hydrogens is 254 g/mol. The minimum absolute atomic E-state index is 0.289. The molecule has 1 aromatic carbocycles. The van der Waals surface area contributed by atoms with Gasteiger partial charge in [0.15, 0.2) is 0 Å². The lowest BCUT2D eigenvalue weighted by molar-refractivity contribution is 0.165. The van der Waals surface area contributed by atoms with Gasteiger partial charge >= 0.3 is 0 Å². The van der Waals surface area contributed by atoms with Crippen molar-refractivity contribution in [2.24, 2.45) is 0 Å². The zero-order chi connectivity index (χ0) is 13.8. The van der Waals surface area contributed by atoms with Crippen molar-refractivity contribution in [2.75, 3.05) is 0 Å². The number of aliphatic hydroxyl groups is 1. The monoisotopic (exact) mass is 267 g/mol. The van der Waals surface area contributed by atoms with Crippen LogP contribution in [-0.4, -0.2) is 20.2 Å². The highest BCUT2D eigenvalue weighted by Gasteiger charge is 2.14. The van der Waals surface area contributed by atoms with Crippen LogP contribution in [-0.2, 0) is 6.42 Å². The first-order valence-corrected chi connectivity index (χ1v) is 6.29. The van der Waals surface area contributed by atoms with Gasteiger partial charge in [-0.1, -0.05) is 35.5 Å². The minimum Gasteiger partial charge on any atom is -0.388 e. The molecule has 0 aliphatic heterocycles. The third kappa shape index (κ3) is 2.73. The average Bonchev–Trinajstić information content (AvgIpc) is 2.97. The minimum atomic E-state index is -0.654. The Morgan fingerprint density at radius 1 is 1.10 bits per heavy atom. The van der Waals surface area contributed by atoms with Gasteiger partial charge in [0, 0.05) is 18.0 Å². The third-order valence-electron chi connectivity index (χ3n) is 2.94. The topological polar surface area (TPSA) is 72.0 Å². The molecule has 0 aliphatic carbocycles. The summed E-state index contributed by atoms with van der Waals surface area (Å²) in [4.78, 5) is 8.28. The Morgan fingerprint density at radius 3 is 2.70 bits per heavy atom. The molecule has 0 aliphatic rings. The second-order valence-corrected chi connectivity index (χ2v) is 4.38. The molecule has 0 amide bonds. The summed E-state index contributed by atoms with van der Waals surface area (Å²) in [5.41, 5.74) is 1.62. The van der Waals surface area contributed by atoms with Crippen LogP contribution in [0.2, 0.25) is 0 Å². The molecule has 0 saturated heterocycles. The number of pyridine rings is 1. The molecule has 1 unspecified atom stereocenters. The Morgan fingerprint density at radius 2 is 1.95 bits per heavy atom. The quantitative estimate of drug-likeness (QED) is 0.785. The SMILES string of the molecule is OC(Cc1nc(-c2cccnc2)no1)c1ccccc1. The van der Waals surface area contributed by atoms with Crippen LogP contribution >= 0.6 is 0 Å². The summed E-state index contributed by atoms with van der Waals surface area (Å²) in [5, 5.41) is 14.0. The Bertz CT molecular complexity index is 668. The first-order chi connectivity index (χ1) is 9.83. The number of hydrogen-bond donors (Lipinski definition) is 1. The van der Waals surface area contributed by atoms with Crippen molar-refractivity contribution >= 4 is 0 Å². The van der Waals surface area contributed by atoms with E-state index in [0.717, 1.165) is 11.1 Å². The van der Waals surface area contributed by atoms with E-state index in [0.29, 0.717) is 11.7 Å². The molecule has 20 heavy (non-hydrogen) atoms. The average molecular weight is 267 g/mol. The zero-order valence-electron chi connectivity index (χ0n) is 10.7. The Balaban J connectivity index is 1.75. The van der Waals surface area contributed by atoms with Gasteiger partial charge in [0.25, 0.3) is 0 Å². The summed E-state index contributed by atoms with van der Waals surface area (Å²) >= 11 is 0. The molecule has 2 heterocycles. The second-order valence-electron chi connectivity index (χ2n) is 4.38. The van der Waals surface area contributed by atoms with Gasteiger partial charge < -0.3 is 9.63 Å². The summed E-state index contributed by atoms with van der Waals surface area (Å²) in [7, 11) is 0. The van der Waals surface area contributed by atoms with Gasteiger partial charge in [-0.15, -0.1) is 0 Å². The van der Waals surface area contributed by atoms with E-state index >= 15 is 0 Å². The number of hydrogen-bond acceptors (Lipinski definition) is 5. The first kappa shape index (κ1) is 12.5. The van der Waals surface area contributed by atoms with Crippen LogP contribution in [0.5, 0.6) is 0 Å². The van der Waals surface area contributed by atoms with E-state index in [1.165, 1.54) is 0 Å². The molecule has 5 nitrogen and oxygen atoms in total. The van der Waals surface area contributed by atoms with Gasteiger partial charge in [0.2, 0.25) is 11.7 Å².